The van der Waals surface area contributed by atoms with Crippen molar-refractivity contribution in [2.75, 3.05) is 19.0 Å². The number of benzene rings is 2. The van der Waals surface area contributed by atoms with Gasteiger partial charge in [-0.15, -0.1) is 0 Å². The zero-order valence-corrected chi connectivity index (χ0v) is 20.4. The van der Waals surface area contributed by atoms with Crippen LogP contribution in [0.3, 0.4) is 0 Å². The first-order valence-corrected chi connectivity index (χ1v) is 12.0. The number of likely N-dealkylation sites (tertiary alicyclic amines) is 1. The topological polar surface area (TPSA) is 93.4 Å². The summed E-state index contributed by atoms with van der Waals surface area (Å²) < 4.78 is 49.2. The van der Waals surface area contributed by atoms with Gasteiger partial charge in [0.15, 0.2) is 0 Å². The molecule has 1 amide bonds. The summed E-state index contributed by atoms with van der Waals surface area (Å²) in [5.41, 5.74) is 1.20. The summed E-state index contributed by atoms with van der Waals surface area (Å²) in [6.07, 6.45) is -1.10. The lowest BCUT2D eigenvalue weighted by molar-refractivity contribution is -0.137. The molecule has 1 N–H and O–H groups in total. The summed E-state index contributed by atoms with van der Waals surface area (Å²) in [6.45, 7) is 1.25. The first-order valence-electron chi connectivity index (χ1n) is 12.0. The summed E-state index contributed by atoms with van der Waals surface area (Å²) in [4.78, 5) is 23.4. The van der Waals surface area contributed by atoms with Gasteiger partial charge in [0.25, 0.3) is 5.91 Å². The summed E-state index contributed by atoms with van der Waals surface area (Å²) >= 11 is 0. The smallest absolute Gasteiger partial charge is 0.416 e. The molecular weight excluding hydrogens is 499 g/mol. The summed E-state index contributed by atoms with van der Waals surface area (Å²) in [5.74, 6) is 1.54. The molecular formula is C27H24F3N5O3. The predicted octanol–water partition coefficient (Wildman–Crippen LogP) is 5.75. The number of aromatic nitrogens is 3. The van der Waals surface area contributed by atoms with Crippen LogP contribution in [0.25, 0.3) is 11.4 Å². The molecule has 1 aliphatic heterocycles. The molecule has 196 valence electrons. The number of hydrogen-bond acceptors (Lipinski definition) is 7. The van der Waals surface area contributed by atoms with Crippen LogP contribution in [0.4, 0.5) is 19.0 Å². The fourth-order valence-electron chi connectivity index (χ4n) is 4.35. The number of hydrogen-bond donors (Lipinski definition) is 1. The first-order chi connectivity index (χ1) is 18.3. The first kappa shape index (κ1) is 25.4. The summed E-state index contributed by atoms with van der Waals surface area (Å²) in [7, 11) is 1.56. The van der Waals surface area contributed by atoms with Crippen LogP contribution < -0.4 is 10.1 Å². The molecule has 1 atom stereocenters. The van der Waals surface area contributed by atoms with Gasteiger partial charge in [-0.2, -0.15) is 18.2 Å². The average molecular weight is 524 g/mol. The van der Waals surface area contributed by atoms with E-state index in [0.29, 0.717) is 41.0 Å². The number of pyridine rings is 1. The Morgan fingerprint density at radius 3 is 2.53 bits per heavy atom. The number of halogens is 3. The standard InChI is InChI=1S/C27H24F3N5O3/c1-37-21-11-6-18(7-12-21)25(36)32-23-13-8-19(15-31-23)24-33-26(38-34-24)22-3-2-14-35(22)16-17-4-9-20(10-5-17)27(28,29)30/h4-13,15,22H,2-3,14,16H2,1H3,(H,31,32,36)/t22-/m0/s1. The number of rotatable bonds is 7. The lowest BCUT2D eigenvalue weighted by Crippen LogP contribution is -2.23. The zero-order chi connectivity index (χ0) is 26.7. The van der Waals surface area contributed by atoms with Gasteiger partial charge < -0.3 is 14.6 Å². The molecule has 3 heterocycles. The van der Waals surface area contributed by atoms with E-state index >= 15 is 0 Å². The highest BCUT2D eigenvalue weighted by Gasteiger charge is 2.32. The predicted molar refractivity (Wildman–Crippen MR) is 132 cm³/mol. The number of ether oxygens (including phenoxy) is 1. The molecule has 5 rings (SSSR count). The number of amides is 1. The molecule has 1 aliphatic rings. The maximum atomic E-state index is 12.9. The normalized spacial score (nSPS) is 15.9. The van der Waals surface area contributed by atoms with Crippen LogP contribution in [0.15, 0.2) is 71.4 Å². The SMILES string of the molecule is COc1ccc(C(=O)Nc2ccc(-c3noc([C@@H]4CCCN4Cc4ccc(C(F)(F)F)cc4)n3)cn2)cc1. The molecule has 1 fully saturated rings. The van der Waals surface area contributed by atoms with Gasteiger partial charge in [0.05, 0.1) is 18.7 Å². The van der Waals surface area contributed by atoms with Crippen molar-refractivity contribution in [3.05, 3.63) is 89.4 Å². The molecule has 0 saturated carbocycles. The van der Waals surface area contributed by atoms with E-state index in [1.165, 1.54) is 12.1 Å². The van der Waals surface area contributed by atoms with Crippen LogP contribution in [0.5, 0.6) is 5.75 Å². The maximum absolute atomic E-state index is 12.9. The van der Waals surface area contributed by atoms with E-state index in [0.717, 1.165) is 37.1 Å². The number of carbonyl (C=O) groups excluding carboxylic acids is 1. The molecule has 38 heavy (non-hydrogen) atoms. The Bertz CT molecular complexity index is 1390. The van der Waals surface area contributed by atoms with Crippen LogP contribution in [-0.2, 0) is 12.7 Å². The Kier molecular flexibility index (Phi) is 7.10. The number of nitrogens with zero attached hydrogens (tertiary/aromatic N) is 4. The van der Waals surface area contributed by atoms with Crippen molar-refractivity contribution < 1.29 is 27.2 Å². The lowest BCUT2D eigenvalue weighted by atomic mass is 10.1. The number of alkyl halides is 3. The number of methoxy groups -OCH3 is 1. The Labute approximate surface area is 216 Å². The summed E-state index contributed by atoms with van der Waals surface area (Å²) in [6, 6.07) is 15.2. The van der Waals surface area contributed by atoms with Gasteiger partial charge in [0.2, 0.25) is 11.7 Å². The van der Waals surface area contributed by atoms with Crippen molar-refractivity contribution in [1.82, 2.24) is 20.0 Å². The van der Waals surface area contributed by atoms with Crippen molar-refractivity contribution in [2.45, 2.75) is 31.6 Å². The van der Waals surface area contributed by atoms with Gasteiger partial charge >= 0.3 is 6.18 Å². The Balaban J connectivity index is 1.23. The molecule has 0 unspecified atom stereocenters. The second-order valence-corrected chi connectivity index (χ2v) is 8.89. The highest BCUT2D eigenvalue weighted by Crippen LogP contribution is 2.34. The average Bonchev–Trinajstić information content (AvgIpc) is 3.59. The lowest BCUT2D eigenvalue weighted by Gasteiger charge is -2.21. The van der Waals surface area contributed by atoms with E-state index < -0.39 is 11.7 Å². The van der Waals surface area contributed by atoms with Crippen LogP contribution >= 0.6 is 0 Å². The highest BCUT2D eigenvalue weighted by molar-refractivity contribution is 6.03. The maximum Gasteiger partial charge on any atom is 0.416 e. The fourth-order valence-corrected chi connectivity index (χ4v) is 4.35. The third-order valence-electron chi connectivity index (χ3n) is 6.37. The summed E-state index contributed by atoms with van der Waals surface area (Å²) in [5, 5.41) is 6.83. The van der Waals surface area contributed by atoms with E-state index in [1.54, 1.807) is 49.7 Å². The van der Waals surface area contributed by atoms with Crippen molar-refractivity contribution in [3.63, 3.8) is 0 Å². The van der Waals surface area contributed by atoms with Crippen molar-refractivity contribution in [2.24, 2.45) is 0 Å². The largest absolute Gasteiger partial charge is 0.497 e. The van der Waals surface area contributed by atoms with Gasteiger partial charge in [-0.05, 0) is 73.5 Å². The minimum Gasteiger partial charge on any atom is -0.497 e. The quantitative estimate of drug-likeness (QED) is 0.330. The highest BCUT2D eigenvalue weighted by atomic mass is 19.4. The molecule has 8 nitrogen and oxygen atoms in total. The van der Waals surface area contributed by atoms with Crippen molar-refractivity contribution >= 4 is 11.7 Å². The van der Waals surface area contributed by atoms with Gasteiger partial charge in [-0.25, -0.2) is 4.98 Å². The van der Waals surface area contributed by atoms with E-state index in [4.69, 9.17) is 9.26 Å². The number of nitrogens with one attached hydrogen (secondary N) is 1. The Morgan fingerprint density at radius 1 is 1.11 bits per heavy atom. The van der Waals surface area contributed by atoms with E-state index in [2.05, 4.69) is 25.3 Å². The molecule has 0 radical (unpaired) electrons. The van der Waals surface area contributed by atoms with Gasteiger partial charge in [0, 0.05) is 23.9 Å². The minimum absolute atomic E-state index is 0.130. The monoisotopic (exact) mass is 523 g/mol. The van der Waals surface area contributed by atoms with Gasteiger partial charge in [-0.3, -0.25) is 9.69 Å². The van der Waals surface area contributed by atoms with Gasteiger partial charge in [-0.1, -0.05) is 17.3 Å². The van der Waals surface area contributed by atoms with Crippen LogP contribution in [-0.4, -0.2) is 39.6 Å². The second kappa shape index (κ2) is 10.6. The van der Waals surface area contributed by atoms with Crippen LogP contribution in [0.1, 0.15) is 46.3 Å². The Morgan fingerprint density at radius 2 is 1.87 bits per heavy atom. The van der Waals surface area contributed by atoms with Crippen LogP contribution in [0.2, 0.25) is 0 Å². The second-order valence-electron chi connectivity index (χ2n) is 8.89. The third-order valence-corrected chi connectivity index (χ3v) is 6.37. The van der Waals surface area contributed by atoms with Crippen molar-refractivity contribution in [3.8, 4) is 17.1 Å². The van der Waals surface area contributed by atoms with Gasteiger partial charge in [0.1, 0.15) is 11.6 Å². The van der Waals surface area contributed by atoms with Crippen LogP contribution in [0, 0.1) is 0 Å². The zero-order valence-electron chi connectivity index (χ0n) is 20.4. The Hall–Kier alpha value is -4.25. The molecule has 0 aliphatic carbocycles. The minimum atomic E-state index is -4.36. The van der Waals surface area contributed by atoms with Crippen molar-refractivity contribution in [1.29, 1.82) is 0 Å². The third kappa shape index (κ3) is 5.67. The molecule has 4 aromatic rings. The number of anilines is 1. The van der Waals surface area contributed by atoms with E-state index in [-0.39, 0.29) is 11.9 Å². The molecule has 0 bridgehead atoms. The molecule has 2 aromatic carbocycles. The molecule has 11 heteroatoms. The van der Waals surface area contributed by atoms with E-state index in [9.17, 15) is 18.0 Å². The fraction of sp³-hybridized carbons (Fsp3) is 0.259. The molecule has 0 spiro atoms. The number of carbonyl (C=O) groups is 1. The van der Waals surface area contributed by atoms with E-state index in [1.807, 2.05) is 0 Å². The molecule has 2 aromatic heterocycles. The molecule has 1 saturated heterocycles.